The summed E-state index contributed by atoms with van der Waals surface area (Å²) in [7, 11) is 2.74. The van der Waals surface area contributed by atoms with E-state index in [4.69, 9.17) is 0 Å². The third kappa shape index (κ3) is 10.2. The van der Waals surface area contributed by atoms with Crippen molar-refractivity contribution >= 4 is 32.4 Å². The molecule has 4 heteroatoms. The van der Waals surface area contributed by atoms with Gasteiger partial charge in [-0.3, -0.25) is 4.21 Å². The van der Waals surface area contributed by atoms with E-state index in [1.165, 1.54) is 0 Å². The van der Waals surface area contributed by atoms with Gasteiger partial charge in [-0.1, -0.05) is 40.7 Å². The van der Waals surface area contributed by atoms with Gasteiger partial charge in [-0.05, 0) is 11.8 Å². The third-order valence-electron chi connectivity index (χ3n) is 1.12. The van der Waals surface area contributed by atoms with Crippen molar-refractivity contribution in [1.82, 2.24) is 0 Å². The van der Waals surface area contributed by atoms with Crippen LogP contribution in [-0.2, 0) is 10.8 Å². The van der Waals surface area contributed by atoms with Gasteiger partial charge in [0.1, 0.15) is 0 Å². The van der Waals surface area contributed by atoms with Crippen molar-refractivity contribution in [2.75, 3.05) is 17.3 Å². The zero-order chi connectivity index (χ0) is 9.94. The van der Waals surface area contributed by atoms with Gasteiger partial charge < -0.3 is 0 Å². The van der Waals surface area contributed by atoms with E-state index in [2.05, 4.69) is 13.5 Å². The predicted molar refractivity (Wildman–Crippen MR) is 67.6 cm³/mol. The average molecular weight is 236 g/mol. The van der Waals surface area contributed by atoms with Crippen LogP contribution in [0.1, 0.15) is 13.3 Å². The standard InChI is InChI=1S/C9H16OS3/c1-3-6-11-12-7-5-9-13(10)8-4-2/h3,5,7H,1,4,6,8-9H2,2H3. The maximum Gasteiger partial charge on any atom is 0.0423 e. The maximum atomic E-state index is 11.2. The van der Waals surface area contributed by atoms with Crippen LogP contribution < -0.4 is 0 Å². The third-order valence-corrected chi connectivity index (χ3v) is 4.51. The summed E-state index contributed by atoms with van der Waals surface area (Å²) in [6, 6.07) is 0. The summed E-state index contributed by atoms with van der Waals surface area (Å²) in [5.41, 5.74) is 0. The zero-order valence-corrected chi connectivity index (χ0v) is 10.4. The Bertz CT molecular complexity index is 178. The Labute approximate surface area is 91.3 Å². The second-order valence-corrected chi connectivity index (χ2v) is 6.29. The fraction of sp³-hybridized carbons (Fsp3) is 0.556. The topological polar surface area (TPSA) is 17.1 Å². The molecule has 1 unspecified atom stereocenters. The molecule has 0 aromatic heterocycles. The first-order valence-corrected chi connectivity index (χ1v) is 8.07. The van der Waals surface area contributed by atoms with E-state index in [0.29, 0.717) is 5.75 Å². The molecule has 0 N–H and O–H groups in total. The highest BCUT2D eigenvalue weighted by molar-refractivity contribution is 8.77. The van der Waals surface area contributed by atoms with Crippen molar-refractivity contribution in [3.05, 3.63) is 24.1 Å². The molecule has 0 bridgehead atoms. The zero-order valence-electron chi connectivity index (χ0n) is 7.90. The SMILES string of the molecule is C=CCSSC=CCS(=O)CCC. The minimum Gasteiger partial charge on any atom is -0.259 e. The molecule has 0 spiro atoms. The lowest BCUT2D eigenvalue weighted by molar-refractivity contribution is 0.684. The second-order valence-electron chi connectivity index (χ2n) is 2.35. The fourth-order valence-corrected chi connectivity index (χ4v) is 3.10. The summed E-state index contributed by atoms with van der Waals surface area (Å²) in [5, 5.41) is 2.00. The number of hydrogen-bond donors (Lipinski definition) is 0. The van der Waals surface area contributed by atoms with Crippen LogP contribution in [0.3, 0.4) is 0 Å². The van der Waals surface area contributed by atoms with Crippen molar-refractivity contribution in [2.24, 2.45) is 0 Å². The lowest BCUT2D eigenvalue weighted by Gasteiger charge is -1.93. The summed E-state index contributed by atoms with van der Waals surface area (Å²) in [4.78, 5) is 0. The Morgan fingerprint density at radius 1 is 1.54 bits per heavy atom. The molecule has 0 aliphatic carbocycles. The Morgan fingerprint density at radius 2 is 2.31 bits per heavy atom. The average Bonchev–Trinajstić information content (AvgIpc) is 2.11. The van der Waals surface area contributed by atoms with E-state index in [1.807, 2.05) is 17.6 Å². The first kappa shape index (κ1) is 13.3. The van der Waals surface area contributed by atoms with Gasteiger partial charge in [0.05, 0.1) is 0 Å². The monoisotopic (exact) mass is 236 g/mol. The van der Waals surface area contributed by atoms with Crippen LogP contribution >= 0.6 is 21.6 Å². The van der Waals surface area contributed by atoms with Crippen LogP contribution in [0.4, 0.5) is 0 Å². The van der Waals surface area contributed by atoms with Crippen molar-refractivity contribution in [1.29, 1.82) is 0 Å². The predicted octanol–water partition coefficient (Wildman–Crippen LogP) is 3.23. The molecule has 0 saturated heterocycles. The normalized spacial score (nSPS) is 13.3. The van der Waals surface area contributed by atoms with E-state index in [-0.39, 0.29) is 0 Å². The molecule has 0 amide bonds. The van der Waals surface area contributed by atoms with E-state index in [9.17, 15) is 4.21 Å². The highest BCUT2D eigenvalue weighted by Gasteiger charge is 1.92. The first-order valence-electron chi connectivity index (χ1n) is 4.20. The second kappa shape index (κ2) is 10.4. The lowest BCUT2D eigenvalue weighted by atomic mass is 10.6. The first-order chi connectivity index (χ1) is 6.31. The molecule has 1 atom stereocenters. The molecule has 0 fully saturated rings. The van der Waals surface area contributed by atoms with Crippen LogP contribution in [0, 0.1) is 0 Å². The Hall–Kier alpha value is 0.330. The molecule has 0 aromatic rings. The Morgan fingerprint density at radius 3 is 2.92 bits per heavy atom. The molecule has 76 valence electrons. The quantitative estimate of drug-likeness (QED) is 0.366. The highest BCUT2D eigenvalue weighted by Crippen LogP contribution is 2.21. The van der Waals surface area contributed by atoms with E-state index >= 15 is 0 Å². The minimum atomic E-state index is -0.657. The molecular formula is C9H16OS3. The molecule has 0 aromatic carbocycles. The summed E-state index contributed by atoms with van der Waals surface area (Å²) >= 11 is 0. The fourth-order valence-electron chi connectivity index (χ4n) is 0.624. The van der Waals surface area contributed by atoms with Gasteiger partial charge in [0.2, 0.25) is 0 Å². The van der Waals surface area contributed by atoms with Crippen LogP contribution in [-0.4, -0.2) is 21.5 Å². The smallest absolute Gasteiger partial charge is 0.0423 e. The van der Waals surface area contributed by atoms with Crippen LogP contribution in [0.25, 0.3) is 0 Å². The molecule has 0 aliphatic heterocycles. The number of hydrogen-bond acceptors (Lipinski definition) is 3. The molecule has 0 heterocycles. The molecule has 0 aliphatic rings. The Kier molecular flexibility index (Phi) is 10.7. The van der Waals surface area contributed by atoms with Gasteiger partial charge >= 0.3 is 0 Å². The van der Waals surface area contributed by atoms with Gasteiger partial charge in [0.25, 0.3) is 0 Å². The molecule has 0 saturated carbocycles. The Balaban J connectivity index is 3.29. The van der Waals surface area contributed by atoms with Crippen molar-refractivity contribution in [2.45, 2.75) is 13.3 Å². The van der Waals surface area contributed by atoms with Crippen LogP contribution in [0.5, 0.6) is 0 Å². The molecule has 1 nitrogen and oxygen atoms in total. The largest absolute Gasteiger partial charge is 0.259 e. The van der Waals surface area contributed by atoms with Crippen molar-refractivity contribution < 1.29 is 4.21 Å². The molecular weight excluding hydrogens is 220 g/mol. The van der Waals surface area contributed by atoms with Gasteiger partial charge in [-0.15, -0.1) is 6.58 Å². The van der Waals surface area contributed by atoms with Crippen LogP contribution in [0.2, 0.25) is 0 Å². The highest BCUT2D eigenvalue weighted by atomic mass is 33.1. The summed E-state index contributed by atoms with van der Waals surface area (Å²) in [5.74, 6) is 2.46. The number of rotatable bonds is 8. The van der Waals surface area contributed by atoms with Crippen LogP contribution in [0.15, 0.2) is 24.1 Å². The van der Waals surface area contributed by atoms with Gasteiger partial charge in [0, 0.05) is 28.1 Å². The lowest BCUT2D eigenvalue weighted by Crippen LogP contribution is -1.98. The van der Waals surface area contributed by atoms with Crippen molar-refractivity contribution in [3.8, 4) is 0 Å². The van der Waals surface area contributed by atoms with Crippen molar-refractivity contribution in [3.63, 3.8) is 0 Å². The summed E-state index contributed by atoms with van der Waals surface area (Å²) in [6.45, 7) is 5.68. The van der Waals surface area contributed by atoms with E-state index < -0.39 is 10.8 Å². The van der Waals surface area contributed by atoms with E-state index in [1.54, 1.807) is 21.6 Å². The van der Waals surface area contributed by atoms with Gasteiger partial charge in [-0.25, -0.2) is 0 Å². The summed E-state index contributed by atoms with van der Waals surface area (Å²) in [6.07, 6.45) is 4.85. The van der Waals surface area contributed by atoms with Gasteiger partial charge in [0.15, 0.2) is 0 Å². The van der Waals surface area contributed by atoms with E-state index in [0.717, 1.165) is 17.9 Å². The molecule has 13 heavy (non-hydrogen) atoms. The maximum absolute atomic E-state index is 11.2. The van der Waals surface area contributed by atoms with Gasteiger partial charge in [-0.2, -0.15) is 0 Å². The minimum absolute atomic E-state index is 0.657. The summed E-state index contributed by atoms with van der Waals surface area (Å²) < 4.78 is 11.2. The molecule has 0 radical (unpaired) electrons. The molecule has 0 rings (SSSR count).